The van der Waals surface area contributed by atoms with E-state index in [1.54, 1.807) is 0 Å². The molecule has 322 valence electrons. The number of aliphatic hydroxyl groups excluding tert-OH is 1. The molecule has 0 aliphatic rings. The number of unbranched alkanes of at least 4 members (excludes halogenated alkanes) is 19. The van der Waals surface area contributed by atoms with E-state index < -0.39 is 0 Å². The van der Waals surface area contributed by atoms with Crippen LogP contribution in [0.5, 0.6) is 0 Å². The van der Waals surface area contributed by atoms with Crippen LogP contribution in [0.2, 0.25) is 0 Å². The van der Waals surface area contributed by atoms with Crippen molar-refractivity contribution in [1.82, 2.24) is 4.90 Å². The van der Waals surface area contributed by atoms with E-state index in [0.29, 0.717) is 19.3 Å². The van der Waals surface area contributed by atoms with Crippen molar-refractivity contribution in [1.29, 1.82) is 0 Å². The Morgan fingerprint density at radius 3 is 1.24 bits per heavy atom. The van der Waals surface area contributed by atoms with Gasteiger partial charge in [0, 0.05) is 12.6 Å². The number of nitrogens with zero attached hydrogens (tertiary/aromatic N) is 1. The van der Waals surface area contributed by atoms with Crippen LogP contribution >= 0.6 is 0 Å². The van der Waals surface area contributed by atoms with Crippen molar-refractivity contribution in [3.8, 4) is 0 Å². The van der Waals surface area contributed by atoms with Gasteiger partial charge in [-0.3, -0.25) is 9.59 Å². The highest BCUT2D eigenvalue weighted by Crippen LogP contribution is 2.24. The standard InChI is InChI=1S/C48H95NO5/c1-6-11-16-20-21-26-35-44(33-24-17-12-7-2)47(51)54-43-31-23-22-27-39-49(40-28-29-41-50)46(37-15-10-5)38-32-36-45(34-25-18-13-8-3)48(52)53-42-30-19-14-9-4/h44-46,50H,6-43H2,1-5H3. The molecule has 0 aliphatic heterocycles. The first-order valence-electron chi connectivity index (χ1n) is 24.2. The van der Waals surface area contributed by atoms with Gasteiger partial charge >= 0.3 is 11.9 Å². The van der Waals surface area contributed by atoms with E-state index in [4.69, 9.17) is 9.47 Å². The van der Waals surface area contributed by atoms with E-state index in [1.807, 2.05) is 0 Å². The highest BCUT2D eigenvalue weighted by atomic mass is 16.5. The lowest BCUT2D eigenvalue weighted by Crippen LogP contribution is -2.37. The first-order chi connectivity index (χ1) is 26.5. The third kappa shape index (κ3) is 32.0. The Morgan fingerprint density at radius 2 is 0.759 bits per heavy atom. The summed E-state index contributed by atoms with van der Waals surface area (Å²) in [6.07, 6.45) is 37.7. The minimum Gasteiger partial charge on any atom is -0.465 e. The first kappa shape index (κ1) is 52.9. The number of carbonyl (C=O) groups excluding carboxylic acids is 2. The SMILES string of the molecule is CCCCCCCCC(CCCCCC)C(=O)OCCCCCCN(CCCCO)C(CCCC)CCCC(CCCCCC)C(=O)OCCCCCC. The van der Waals surface area contributed by atoms with Crippen molar-refractivity contribution in [3.05, 3.63) is 0 Å². The van der Waals surface area contributed by atoms with Crippen LogP contribution in [0.15, 0.2) is 0 Å². The molecule has 0 aliphatic carbocycles. The number of ether oxygens (including phenoxy) is 2. The van der Waals surface area contributed by atoms with Gasteiger partial charge in [-0.25, -0.2) is 0 Å². The molecule has 0 amide bonds. The smallest absolute Gasteiger partial charge is 0.308 e. The van der Waals surface area contributed by atoms with Crippen molar-refractivity contribution in [2.75, 3.05) is 32.9 Å². The topological polar surface area (TPSA) is 76.1 Å². The summed E-state index contributed by atoms with van der Waals surface area (Å²) < 4.78 is 11.7. The van der Waals surface area contributed by atoms with E-state index in [-0.39, 0.29) is 30.4 Å². The summed E-state index contributed by atoms with van der Waals surface area (Å²) in [5.74, 6) is 0.206. The maximum atomic E-state index is 13.2. The molecule has 3 atom stereocenters. The molecule has 0 spiro atoms. The zero-order valence-electron chi connectivity index (χ0n) is 37.1. The molecular formula is C48H95NO5. The van der Waals surface area contributed by atoms with E-state index in [1.165, 1.54) is 103 Å². The molecule has 3 unspecified atom stereocenters. The fourth-order valence-corrected chi connectivity index (χ4v) is 7.90. The van der Waals surface area contributed by atoms with Crippen LogP contribution in [-0.4, -0.2) is 60.9 Å². The fourth-order valence-electron chi connectivity index (χ4n) is 7.90. The molecule has 54 heavy (non-hydrogen) atoms. The Labute approximate surface area is 337 Å². The molecule has 6 nitrogen and oxygen atoms in total. The maximum absolute atomic E-state index is 13.2. The van der Waals surface area contributed by atoms with Crippen LogP contribution in [0.25, 0.3) is 0 Å². The summed E-state index contributed by atoms with van der Waals surface area (Å²) in [4.78, 5) is 29.0. The normalized spacial score (nSPS) is 13.3. The first-order valence-corrected chi connectivity index (χ1v) is 24.2. The van der Waals surface area contributed by atoms with Gasteiger partial charge in [-0.1, -0.05) is 176 Å². The number of rotatable bonds is 43. The second kappa shape index (κ2) is 41.5. The Bertz CT molecular complexity index is 791. The van der Waals surface area contributed by atoms with Crippen LogP contribution in [0.1, 0.15) is 247 Å². The summed E-state index contributed by atoms with van der Waals surface area (Å²) in [6.45, 7) is 14.7. The van der Waals surface area contributed by atoms with E-state index in [0.717, 1.165) is 122 Å². The highest BCUT2D eigenvalue weighted by molar-refractivity contribution is 5.72. The van der Waals surface area contributed by atoms with Crippen LogP contribution in [0, 0.1) is 11.8 Å². The molecule has 0 saturated carbocycles. The van der Waals surface area contributed by atoms with Crippen LogP contribution in [0.4, 0.5) is 0 Å². The predicted octanol–water partition coefficient (Wildman–Crippen LogP) is 13.9. The molecule has 0 aromatic carbocycles. The molecule has 0 aromatic heterocycles. The van der Waals surface area contributed by atoms with Crippen molar-refractivity contribution in [2.45, 2.75) is 253 Å². The molecule has 0 bridgehead atoms. The zero-order valence-corrected chi connectivity index (χ0v) is 37.1. The second-order valence-corrected chi connectivity index (χ2v) is 16.7. The summed E-state index contributed by atoms with van der Waals surface area (Å²) in [5, 5.41) is 9.54. The Morgan fingerprint density at radius 1 is 0.407 bits per heavy atom. The van der Waals surface area contributed by atoms with E-state index >= 15 is 0 Å². The van der Waals surface area contributed by atoms with Crippen molar-refractivity contribution < 1.29 is 24.2 Å². The van der Waals surface area contributed by atoms with Gasteiger partial charge in [0.15, 0.2) is 0 Å². The maximum Gasteiger partial charge on any atom is 0.308 e. The number of esters is 2. The summed E-state index contributed by atoms with van der Waals surface area (Å²) in [6, 6.07) is 0.524. The molecule has 0 saturated heterocycles. The fraction of sp³-hybridized carbons (Fsp3) is 0.958. The predicted molar refractivity (Wildman–Crippen MR) is 232 cm³/mol. The van der Waals surface area contributed by atoms with Crippen LogP contribution < -0.4 is 0 Å². The Kier molecular flexibility index (Phi) is 40.6. The summed E-state index contributed by atoms with van der Waals surface area (Å²) in [7, 11) is 0. The number of carbonyl (C=O) groups is 2. The molecule has 0 aromatic rings. The molecule has 0 heterocycles. The summed E-state index contributed by atoms with van der Waals surface area (Å²) in [5.41, 5.74) is 0. The molecule has 0 radical (unpaired) electrons. The molecule has 6 heteroatoms. The summed E-state index contributed by atoms with van der Waals surface area (Å²) >= 11 is 0. The van der Waals surface area contributed by atoms with Crippen LogP contribution in [-0.2, 0) is 19.1 Å². The van der Waals surface area contributed by atoms with Crippen molar-refractivity contribution in [3.63, 3.8) is 0 Å². The van der Waals surface area contributed by atoms with Gasteiger partial charge in [-0.2, -0.15) is 0 Å². The number of hydrogen-bond acceptors (Lipinski definition) is 6. The van der Waals surface area contributed by atoms with Gasteiger partial charge < -0.3 is 19.5 Å². The minimum atomic E-state index is 0.0312. The number of aliphatic hydroxyl groups is 1. The molecular weight excluding hydrogens is 671 g/mol. The minimum absolute atomic E-state index is 0.0312. The quantitative estimate of drug-likeness (QED) is 0.0492. The van der Waals surface area contributed by atoms with E-state index in [9.17, 15) is 14.7 Å². The van der Waals surface area contributed by atoms with Crippen LogP contribution in [0.3, 0.4) is 0 Å². The lowest BCUT2D eigenvalue weighted by atomic mass is 9.92. The van der Waals surface area contributed by atoms with Gasteiger partial charge in [0.05, 0.1) is 25.0 Å². The molecule has 0 rings (SSSR count). The van der Waals surface area contributed by atoms with Gasteiger partial charge in [0.2, 0.25) is 0 Å². The van der Waals surface area contributed by atoms with Gasteiger partial charge in [-0.05, 0) is 83.7 Å². The van der Waals surface area contributed by atoms with Gasteiger partial charge in [-0.15, -0.1) is 0 Å². The lowest BCUT2D eigenvalue weighted by Gasteiger charge is -2.32. The lowest BCUT2D eigenvalue weighted by molar-refractivity contribution is -0.150. The average Bonchev–Trinajstić information content (AvgIpc) is 3.17. The van der Waals surface area contributed by atoms with Crippen molar-refractivity contribution in [2.24, 2.45) is 11.8 Å². The van der Waals surface area contributed by atoms with Crippen molar-refractivity contribution >= 4 is 11.9 Å². The molecule has 0 fully saturated rings. The van der Waals surface area contributed by atoms with Gasteiger partial charge in [0.1, 0.15) is 0 Å². The monoisotopic (exact) mass is 766 g/mol. The average molecular weight is 766 g/mol. The zero-order chi connectivity index (χ0) is 39.7. The Hall–Kier alpha value is -1.14. The highest BCUT2D eigenvalue weighted by Gasteiger charge is 2.23. The largest absolute Gasteiger partial charge is 0.465 e. The third-order valence-electron chi connectivity index (χ3n) is 11.6. The third-order valence-corrected chi connectivity index (χ3v) is 11.6. The van der Waals surface area contributed by atoms with E-state index in [2.05, 4.69) is 39.5 Å². The second-order valence-electron chi connectivity index (χ2n) is 16.7. The van der Waals surface area contributed by atoms with Gasteiger partial charge in [0.25, 0.3) is 0 Å². The molecule has 1 N–H and O–H groups in total. The Balaban J connectivity index is 5.00. The number of hydrogen-bond donors (Lipinski definition) is 1.